The van der Waals surface area contributed by atoms with E-state index < -0.39 is 47.7 Å². The van der Waals surface area contributed by atoms with E-state index in [0.717, 1.165) is 28.5 Å². The predicted molar refractivity (Wildman–Crippen MR) is 126 cm³/mol. The van der Waals surface area contributed by atoms with E-state index in [1.54, 1.807) is 16.8 Å². The Labute approximate surface area is 203 Å². The standard InChI is InChI=1S/C25H22F3N3O3S/c1-14-11-30-21(23(33)22(14)32)24(34)29(15(2)25(26,27)28)13-31(30)20-17-8-4-3-7-16(17)12-35-19-10-6-5-9-18(19)20/h3-11,15,20,33H,12-13H2,1-2H3/t15-,20+/m1/s1. The molecule has 35 heavy (non-hydrogen) atoms. The molecule has 0 saturated carbocycles. The van der Waals surface area contributed by atoms with Gasteiger partial charge in [0.15, 0.2) is 11.4 Å². The van der Waals surface area contributed by atoms with E-state index in [-0.39, 0.29) is 5.56 Å². The molecule has 0 aliphatic carbocycles. The first-order valence-electron chi connectivity index (χ1n) is 11.0. The molecule has 3 heterocycles. The highest BCUT2D eigenvalue weighted by Gasteiger charge is 2.47. The lowest BCUT2D eigenvalue weighted by Crippen LogP contribution is -2.60. The van der Waals surface area contributed by atoms with Crippen LogP contribution >= 0.6 is 11.8 Å². The second kappa shape index (κ2) is 8.37. The number of benzene rings is 2. The van der Waals surface area contributed by atoms with Gasteiger partial charge in [-0.1, -0.05) is 42.5 Å². The number of alkyl halides is 3. The van der Waals surface area contributed by atoms with Gasteiger partial charge in [-0.2, -0.15) is 13.2 Å². The number of pyridine rings is 1. The van der Waals surface area contributed by atoms with Gasteiger partial charge in [-0.3, -0.25) is 19.3 Å². The van der Waals surface area contributed by atoms with Crippen LogP contribution in [-0.4, -0.2) is 39.5 Å². The fourth-order valence-corrected chi connectivity index (χ4v) is 5.73. The van der Waals surface area contributed by atoms with Crippen molar-refractivity contribution in [1.82, 2.24) is 9.58 Å². The van der Waals surface area contributed by atoms with Crippen LogP contribution in [0.3, 0.4) is 0 Å². The molecule has 0 spiro atoms. The topological polar surface area (TPSA) is 65.8 Å². The molecule has 1 amide bonds. The summed E-state index contributed by atoms with van der Waals surface area (Å²) < 4.78 is 42.7. The first-order chi connectivity index (χ1) is 16.6. The van der Waals surface area contributed by atoms with E-state index in [0.29, 0.717) is 10.7 Å². The summed E-state index contributed by atoms with van der Waals surface area (Å²) in [6.45, 7) is 2.00. The number of hydrogen-bond donors (Lipinski definition) is 1. The van der Waals surface area contributed by atoms with E-state index in [2.05, 4.69) is 0 Å². The highest BCUT2D eigenvalue weighted by molar-refractivity contribution is 7.98. The fourth-order valence-electron chi connectivity index (χ4n) is 4.63. The van der Waals surface area contributed by atoms with Crippen LogP contribution in [0.1, 0.15) is 45.7 Å². The number of aromatic hydroxyl groups is 1. The van der Waals surface area contributed by atoms with E-state index in [1.165, 1.54) is 17.8 Å². The number of halogens is 3. The summed E-state index contributed by atoms with van der Waals surface area (Å²) >= 11 is 1.63. The number of hydrogen-bond acceptors (Lipinski definition) is 5. The van der Waals surface area contributed by atoms with Crippen molar-refractivity contribution in [2.45, 2.75) is 42.8 Å². The Morgan fingerprint density at radius 3 is 2.43 bits per heavy atom. The van der Waals surface area contributed by atoms with Crippen LogP contribution in [0.15, 0.2) is 64.4 Å². The van der Waals surface area contributed by atoms with Crippen LogP contribution in [0.4, 0.5) is 13.2 Å². The minimum absolute atomic E-state index is 0.172. The lowest BCUT2D eigenvalue weighted by atomic mass is 9.94. The predicted octanol–water partition coefficient (Wildman–Crippen LogP) is 4.56. The lowest BCUT2D eigenvalue weighted by molar-refractivity contribution is -0.173. The number of rotatable bonds is 2. The van der Waals surface area contributed by atoms with Gasteiger partial charge in [0.05, 0.1) is 6.04 Å². The Bertz CT molecular complexity index is 1340. The number of thioether (sulfide) groups is 1. The molecule has 0 bridgehead atoms. The average molecular weight is 502 g/mol. The number of carbonyl (C=O) groups excluding carboxylic acids is 1. The minimum atomic E-state index is -4.70. The normalized spacial score (nSPS) is 18.4. The van der Waals surface area contributed by atoms with Crippen molar-refractivity contribution < 1.29 is 23.1 Å². The Morgan fingerprint density at radius 2 is 1.71 bits per heavy atom. The maximum Gasteiger partial charge on any atom is 0.408 e. The number of carbonyl (C=O) groups is 1. The maximum atomic E-state index is 13.8. The Balaban J connectivity index is 1.80. The highest BCUT2D eigenvalue weighted by atomic mass is 32.2. The van der Waals surface area contributed by atoms with E-state index in [4.69, 9.17) is 0 Å². The van der Waals surface area contributed by atoms with Crippen LogP contribution < -0.4 is 10.4 Å². The summed E-state index contributed by atoms with van der Waals surface area (Å²) in [5.41, 5.74) is 1.65. The van der Waals surface area contributed by atoms with Crippen LogP contribution in [-0.2, 0) is 5.75 Å². The second-order valence-electron chi connectivity index (χ2n) is 8.68. The van der Waals surface area contributed by atoms with Crippen molar-refractivity contribution in [3.63, 3.8) is 0 Å². The Hall–Kier alpha value is -3.40. The first-order valence-corrected chi connectivity index (χ1v) is 12.0. The van der Waals surface area contributed by atoms with Gasteiger partial charge in [-0.05, 0) is 36.6 Å². The highest BCUT2D eigenvalue weighted by Crippen LogP contribution is 2.43. The summed E-state index contributed by atoms with van der Waals surface area (Å²) in [6.07, 6.45) is -3.28. The van der Waals surface area contributed by atoms with Crippen LogP contribution in [0, 0.1) is 6.92 Å². The van der Waals surface area contributed by atoms with Gasteiger partial charge in [-0.15, -0.1) is 11.8 Å². The summed E-state index contributed by atoms with van der Waals surface area (Å²) in [7, 11) is 0. The second-order valence-corrected chi connectivity index (χ2v) is 9.70. The molecule has 2 aliphatic heterocycles. The lowest BCUT2D eigenvalue weighted by Gasteiger charge is -2.46. The van der Waals surface area contributed by atoms with Crippen molar-refractivity contribution >= 4 is 17.7 Å². The van der Waals surface area contributed by atoms with Crippen molar-refractivity contribution in [2.24, 2.45) is 0 Å². The molecule has 2 aliphatic rings. The molecule has 6 nitrogen and oxygen atoms in total. The van der Waals surface area contributed by atoms with Crippen LogP contribution in [0.2, 0.25) is 0 Å². The zero-order valence-corrected chi connectivity index (χ0v) is 19.7. The Kier molecular flexibility index (Phi) is 5.58. The van der Waals surface area contributed by atoms with Gasteiger partial charge in [0.25, 0.3) is 5.91 Å². The van der Waals surface area contributed by atoms with Crippen molar-refractivity contribution in [3.8, 4) is 5.75 Å². The van der Waals surface area contributed by atoms with Gasteiger partial charge >= 0.3 is 6.18 Å². The average Bonchev–Trinajstić information content (AvgIpc) is 2.99. The zero-order chi connectivity index (χ0) is 25.1. The fraction of sp³-hybridized carbons (Fsp3) is 0.280. The van der Waals surface area contributed by atoms with Crippen LogP contribution in [0.5, 0.6) is 5.75 Å². The molecule has 2 aromatic carbocycles. The van der Waals surface area contributed by atoms with Gasteiger partial charge < -0.3 is 10.0 Å². The van der Waals surface area contributed by atoms with Gasteiger partial charge in [0.1, 0.15) is 12.7 Å². The SMILES string of the molecule is Cc1cn2c(c(O)c1=O)C(=O)N([C@H](C)C(F)(F)F)CN2[C@H]1c2ccccc2CSc2ccccc21. The Morgan fingerprint density at radius 1 is 1.06 bits per heavy atom. The largest absolute Gasteiger partial charge is 0.502 e. The molecule has 0 unspecified atom stereocenters. The molecule has 1 aromatic heterocycles. The molecule has 0 saturated heterocycles. The summed E-state index contributed by atoms with van der Waals surface area (Å²) in [4.78, 5) is 27.4. The molecule has 5 rings (SSSR count). The van der Waals surface area contributed by atoms with Crippen molar-refractivity contribution in [1.29, 1.82) is 0 Å². The molecular formula is C25H22F3N3O3S. The molecule has 10 heteroatoms. The number of nitrogens with zero attached hydrogens (tertiary/aromatic N) is 3. The first kappa shape index (κ1) is 23.3. The van der Waals surface area contributed by atoms with Crippen molar-refractivity contribution in [2.75, 3.05) is 11.7 Å². The van der Waals surface area contributed by atoms with E-state index in [9.17, 15) is 27.9 Å². The van der Waals surface area contributed by atoms with E-state index in [1.807, 2.05) is 48.5 Å². The number of amides is 1. The smallest absolute Gasteiger partial charge is 0.408 e. The minimum Gasteiger partial charge on any atom is -0.502 e. The van der Waals surface area contributed by atoms with Crippen molar-refractivity contribution in [3.05, 3.63) is 92.9 Å². The molecule has 2 atom stereocenters. The third kappa shape index (κ3) is 3.76. The van der Waals surface area contributed by atoms with Crippen LogP contribution in [0.25, 0.3) is 0 Å². The molecule has 182 valence electrons. The van der Waals surface area contributed by atoms with Gasteiger partial charge in [0.2, 0.25) is 5.43 Å². The number of fused-ring (bicyclic) bond motifs is 3. The third-order valence-electron chi connectivity index (χ3n) is 6.57. The monoisotopic (exact) mass is 501 g/mol. The zero-order valence-electron chi connectivity index (χ0n) is 18.9. The third-order valence-corrected chi connectivity index (χ3v) is 7.70. The quantitative estimate of drug-likeness (QED) is 0.558. The molecule has 3 aromatic rings. The molecule has 0 radical (unpaired) electrons. The van der Waals surface area contributed by atoms with E-state index >= 15 is 0 Å². The number of aromatic nitrogens is 1. The van der Waals surface area contributed by atoms with Gasteiger partial charge in [-0.25, -0.2) is 0 Å². The molecule has 1 N–H and O–H groups in total. The summed E-state index contributed by atoms with van der Waals surface area (Å²) in [6, 6.07) is 12.6. The van der Waals surface area contributed by atoms with Gasteiger partial charge in [0, 0.05) is 22.4 Å². The maximum absolute atomic E-state index is 13.8. The summed E-state index contributed by atoms with van der Waals surface area (Å²) in [5, 5.41) is 12.3. The molecular weight excluding hydrogens is 479 g/mol. The summed E-state index contributed by atoms with van der Waals surface area (Å²) in [5.74, 6) is -1.24. The number of aryl methyl sites for hydroxylation is 1. The molecule has 0 fully saturated rings.